The highest BCUT2D eigenvalue weighted by molar-refractivity contribution is 5.97. The molecule has 0 spiro atoms. The number of hydrogen-bond donors (Lipinski definition) is 0. The third-order valence-electron chi connectivity index (χ3n) is 6.64. The molecule has 3 aromatic rings. The third kappa shape index (κ3) is 2.42. The Labute approximate surface area is 165 Å². The van der Waals surface area contributed by atoms with Gasteiger partial charge in [-0.3, -0.25) is 9.48 Å². The molecule has 3 heteroatoms. The van der Waals surface area contributed by atoms with E-state index in [4.69, 9.17) is 5.10 Å². The maximum Gasteiger partial charge on any atom is 0.163 e. The summed E-state index contributed by atoms with van der Waals surface area (Å²) in [4.78, 5) is 12.9. The second-order valence-corrected chi connectivity index (χ2v) is 8.22. The smallest absolute Gasteiger partial charge is 0.163 e. The number of aromatic nitrogens is 2. The van der Waals surface area contributed by atoms with Gasteiger partial charge in [0.15, 0.2) is 5.78 Å². The van der Waals surface area contributed by atoms with Gasteiger partial charge < -0.3 is 0 Å². The van der Waals surface area contributed by atoms with Crippen LogP contribution in [0.2, 0.25) is 0 Å². The largest absolute Gasteiger partial charge is 0.294 e. The van der Waals surface area contributed by atoms with Gasteiger partial charge in [-0.1, -0.05) is 73.7 Å². The molecule has 2 aliphatic carbocycles. The van der Waals surface area contributed by atoms with Gasteiger partial charge in [0.2, 0.25) is 0 Å². The van der Waals surface area contributed by atoms with Crippen LogP contribution in [0, 0.1) is 5.92 Å². The van der Waals surface area contributed by atoms with E-state index >= 15 is 0 Å². The molecule has 0 bridgehead atoms. The van der Waals surface area contributed by atoms with Gasteiger partial charge in [-0.25, -0.2) is 0 Å². The Bertz CT molecular complexity index is 1060. The number of fused-ring (bicyclic) bond motifs is 3. The number of allylic oxidation sites excluding steroid dienone is 2. The number of nitrogens with zero attached hydrogens (tertiary/aromatic N) is 2. The topological polar surface area (TPSA) is 34.9 Å². The Morgan fingerprint density at radius 3 is 2.43 bits per heavy atom. The summed E-state index contributed by atoms with van der Waals surface area (Å²) in [5.74, 6) is 0.362. The number of rotatable bonds is 2. The second-order valence-electron chi connectivity index (χ2n) is 8.22. The van der Waals surface area contributed by atoms with Crippen LogP contribution in [0.4, 0.5) is 0 Å². The van der Waals surface area contributed by atoms with Crippen molar-refractivity contribution in [3.8, 4) is 11.3 Å². The van der Waals surface area contributed by atoms with E-state index in [0.717, 1.165) is 24.1 Å². The van der Waals surface area contributed by atoms with Crippen molar-refractivity contribution in [2.45, 2.75) is 31.1 Å². The molecule has 3 nitrogen and oxygen atoms in total. The molecule has 0 saturated heterocycles. The molecular formula is C25H24N2O. The molecule has 0 radical (unpaired) electrons. The van der Waals surface area contributed by atoms with Crippen LogP contribution in [0.5, 0.6) is 0 Å². The van der Waals surface area contributed by atoms with E-state index in [9.17, 15) is 4.79 Å². The number of carbonyl (C=O) groups is 1. The van der Waals surface area contributed by atoms with Crippen molar-refractivity contribution < 1.29 is 4.79 Å². The molecule has 140 valence electrons. The monoisotopic (exact) mass is 368 g/mol. The highest BCUT2D eigenvalue weighted by Crippen LogP contribution is 2.52. The molecule has 2 aliphatic rings. The summed E-state index contributed by atoms with van der Waals surface area (Å²) in [7, 11) is 2.03. The lowest BCUT2D eigenvalue weighted by atomic mass is 9.57. The first-order valence-corrected chi connectivity index (χ1v) is 9.99. The van der Waals surface area contributed by atoms with Crippen molar-refractivity contribution in [3.63, 3.8) is 0 Å². The highest BCUT2D eigenvalue weighted by atomic mass is 16.1. The van der Waals surface area contributed by atoms with Crippen LogP contribution in [0.1, 0.15) is 36.1 Å². The summed E-state index contributed by atoms with van der Waals surface area (Å²) in [6.45, 7) is 2.26. The lowest BCUT2D eigenvalue weighted by Crippen LogP contribution is -2.43. The van der Waals surface area contributed by atoms with Crippen molar-refractivity contribution >= 4 is 5.78 Å². The fourth-order valence-corrected chi connectivity index (χ4v) is 5.30. The standard InChI is InChI=1S/C25H24N2O/c1-25-16-15-21(28)22(17-9-5-3-6-10-17)20(25)14-13-19-23(27(2)26-24(19)25)18-11-7-4-8-12-18/h3-12,15-16,20,22H,13-14H2,1-2H3/t20-,22-,25-/m0/s1. The zero-order valence-electron chi connectivity index (χ0n) is 16.3. The van der Waals surface area contributed by atoms with Gasteiger partial charge in [0, 0.05) is 23.6 Å². The average Bonchev–Trinajstić information content (AvgIpc) is 3.07. The average molecular weight is 368 g/mol. The van der Waals surface area contributed by atoms with Gasteiger partial charge in [0.25, 0.3) is 0 Å². The molecular weight excluding hydrogens is 344 g/mol. The van der Waals surface area contributed by atoms with E-state index in [2.05, 4.69) is 49.4 Å². The fourth-order valence-electron chi connectivity index (χ4n) is 5.30. The molecule has 0 aliphatic heterocycles. The van der Waals surface area contributed by atoms with Crippen LogP contribution in [0.15, 0.2) is 72.8 Å². The summed E-state index contributed by atoms with van der Waals surface area (Å²) < 4.78 is 2.02. The second kappa shape index (κ2) is 6.30. The molecule has 0 N–H and O–H groups in total. The molecule has 0 unspecified atom stereocenters. The van der Waals surface area contributed by atoms with Gasteiger partial charge in [0.1, 0.15) is 0 Å². The van der Waals surface area contributed by atoms with Crippen molar-refractivity contribution in [2.24, 2.45) is 13.0 Å². The molecule has 1 aromatic heterocycles. The predicted octanol–water partition coefficient (Wildman–Crippen LogP) is 4.83. The Balaban J connectivity index is 1.66. The quantitative estimate of drug-likeness (QED) is 0.649. The van der Waals surface area contributed by atoms with Crippen LogP contribution >= 0.6 is 0 Å². The van der Waals surface area contributed by atoms with E-state index in [0.29, 0.717) is 0 Å². The van der Waals surface area contributed by atoms with Crippen LogP contribution in [-0.2, 0) is 23.7 Å². The van der Waals surface area contributed by atoms with Crippen LogP contribution in [0.3, 0.4) is 0 Å². The van der Waals surface area contributed by atoms with Gasteiger partial charge in [-0.05, 0) is 30.4 Å². The third-order valence-corrected chi connectivity index (χ3v) is 6.64. The first-order chi connectivity index (χ1) is 13.6. The van der Waals surface area contributed by atoms with Crippen molar-refractivity contribution in [1.82, 2.24) is 9.78 Å². The Kier molecular flexibility index (Phi) is 3.87. The first-order valence-electron chi connectivity index (χ1n) is 9.99. The molecule has 2 aromatic carbocycles. The van der Waals surface area contributed by atoms with Crippen molar-refractivity contribution in [3.05, 3.63) is 89.6 Å². The van der Waals surface area contributed by atoms with E-state index in [1.165, 1.54) is 16.8 Å². The van der Waals surface area contributed by atoms with Gasteiger partial charge in [-0.2, -0.15) is 5.10 Å². The highest BCUT2D eigenvalue weighted by Gasteiger charge is 2.49. The summed E-state index contributed by atoms with van der Waals surface area (Å²) in [5, 5.41) is 4.99. The minimum atomic E-state index is -0.229. The zero-order valence-corrected chi connectivity index (χ0v) is 16.3. The Morgan fingerprint density at radius 2 is 1.71 bits per heavy atom. The SMILES string of the molecule is Cn1nc2c(c1-c1ccccc1)CC[C@H]1[C@H](c3ccccc3)C(=O)C=C[C@]21C. The molecule has 5 rings (SSSR count). The van der Waals surface area contributed by atoms with Gasteiger partial charge in [-0.15, -0.1) is 0 Å². The van der Waals surface area contributed by atoms with Crippen LogP contribution in [-0.4, -0.2) is 15.6 Å². The fraction of sp³-hybridized carbons (Fsp3) is 0.280. The van der Waals surface area contributed by atoms with E-state index < -0.39 is 0 Å². The summed E-state index contributed by atoms with van der Waals surface area (Å²) in [6, 6.07) is 20.7. The van der Waals surface area contributed by atoms with E-state index in [1.807, 2.05) is 36.0 Å². The maximum atomic E-state index is 12.9. The van der Waals surface area contributed by atoms with Crippen LogP contribution < -0.4 is 0 Å². The van der Waals surface area contributed by atoms with Gasteiger partial charge in [0.05, 0.1) is 17.3 Å². The van der Waals surface area contributed by atoms with Crippen molar-refractivity contribution in [2.75, 3.05) is 0 Å². The molecule has 28 heavy (non-hydrogen) atoms. The number of ketones is 1. The lowest BCUT2D eigenvalue weighted by Gasteiger charge is -2.44. The molecule has 0 amide bonds. The van der Waals surface area contributed by atoms with E-state index in [1.54, 1.807) is 6.08 Å². The Morgan fingerprint density at radius 1 is 1.04 bits per heavy atom. The lowest BCUT2D eigenvalue weighted by molar-refractivity contribution is -0.118. The van der Waals surface area contributed by atoms with Crippen molar-refractivity contribution in [1.29, 1.82) is 0 Å². The van der Waals surface area contributed by atoms with Gasteiger partial charge >= 0.3 is 0 Å². The molecule has 3 atom stereocenters. The predicted molar refractivity (Wildman–Crippen MR) is 111 cm³/mol. The molecule has 1 heterocycles. The minimum absolute atomic E-state index is 0.0912. The maximum absolute atomic E-state index is 12.9. The normalized spacial score (nSPS) is 26.0. The first kappa shape index (κ1) is 17.2. The number of carbonyl (C=O) groups excluding carboxylic acids is 1. The number of benzene rings is 2. The molecule has 0 saturated carbocycles. The van der Waals surface area contributed by atoms with Crippen LogP contribution in [0.25, 0.3) is 11.3 Å². The molecule has 0 fully saturated rings. The Hall–Kier alpha value is -2.94. The summed E-state index contributed by atoms with van der Waals surface area (Å²) in [5.41, 5.74) is 5.77. The summed E-state index contributed by atoms with van der Waals surface area (Å²) in [6.07, 6.45) is 5.85. The number of aryl methyl sites for hydroxylation is 1. The number of hydrogen-bond acceptors (Lipinski definition) is 2. The summed E-state index contributed by atoms with van der Waals surface area (Å²) >= 11 is 0. The van der Waals surface area contributed by atoms with E-state index in [-0.39, 0.29) is 23.0 Å². The minimum Gasteiger partial charge on any atom is -0.294 e. The zero-order chi connectivity index (χ0) is 19.3.